The van der Waals surface area contributed by atoms with Gasteiger partial charge < -0.3 is 69.3 Å². The number of carbonyl (C=O) groups excluding carboxylic acids is 2. The predicted molar refractivity (Wildman–Crippen MR) is 185 cm³/mol. The number of aliphatic carboxylic acids is 1. The van der Waals surface area contributed by atoms with E-state index in [2.05, 4.69) is 0 Å². The van der Waals surface area contributed by atoms with Crippen LogP contribution in [0.15, 0.2) is 0 Å². The molecule has 2 fully saturated rings. The molecule has 2 unspecified atom stereocenters. The van der Waals surface area contributed by atoms with Gasteiger partial charge in [0.05, 0.1) is 25.2 Å². The molecule has 53 heavy (non-hydrogen) atoms. The minimum atomic E-state index is -1.86. The topological polar surface area (TPSA) is 268 Å². The minimum Gasteiger partial charge on any atom is -0.481 e. The molecule has 2 heterocycles. The third kappa shape index (κ3) is 18.0. The lowest BCUT2D eigenvalue weighted by Gasteiger charge is -2.46. The Bertz CT molecular complexity index is 1030. The minimum absolute atomic E-state index is 0.225. The number of rotatable bonds is 27. The van der Waals surface area contributed by atoms with Crippen LogP contribution in [0.2, 0.25) is 0 Å². The van der Waals surface area contributed by atoms with Gasteiger partial charge in [-0.05, 0) is 19.3 Å². The first kappa shape index (κ1) is 47.1. The number of esters is 2. The molecule has 0 aliphatic carbocycles. The van der Waals surface area contributed by atoms with Crippen molar-refractivity contribution in [3.63, 3.8) is 0 Å². The molecule has 0 radical (unpaired) electrons. The van der Waals surface area contributed by atoms with Crippen molar-refractivity contribution < 1.29 is 83.7 Å². The van der Waals surface area contributed by atoms with Crippen LogP contribution in [0, 0.1) is 0 Å². The molecule has 0 saturated carbocycles. The van der Waals surface area contributed by atoms with Gasteiger partial charge in [-0.3, -0.25) is 14.4 Å². The number of hydrogen-bond donors (Lipinski definition) is 8. The molecule has 0 aromatic rings. The second-order valence-corrected chi connectivity index (χ2v) is 14.1. The molecule has 12 atom stereocenters. The number of hydrogen-bond acceptors (Lipinski definition) is 16. The van der Waals surface area contributed by atoms with E-state index in [1.54, 1.807) is 0 Å². The van der Waals surface area contributed by atoms with Crippen molar-refractivity contribution in [1.82, 2.24) is 0 Å². The SMILES string of the molecule is CCCC(O)CC(=O)OC[C@H]1O[C@@H](O[C@H]2[C@H](O)[C@@H](O)[C@H](OCC(O)CCCCCCCCCCCCCC(=O)O)O[C@@H]2COC(C)=O)[C@H](O)[C@@H](O)[C@@H]1O. The number of carboxylic acid groups (broad SMARTS) is 1. The summed E-state index contributed by atoms with van der Waals surface area (Å²) >= 11 is 0. The molecule has 0 spiro atoms. The molecule has 0 bridgehead atoms. The molecular formula is C36H64O17. The summed E-state index contributed by atoms with van der Waals surface area (Å²) < 4.78 is 32.9. The van der Waals surface area contributed by atoms with Gasteiger partial charge >= 0.3 is 17.9 Å². The molecule has 2 aliphatic rings. The van der Waals surface area contributed by atoms with Gasteiger partial charge in [0, 0.05) is 13.3 Å². The Morgan fingerprint density at radius 2 is 1.19 bits per heavy atom. The molecule has 2 saturated heterocycles. The Kier molecular flexibility index (Phi) is 23.1. The molecule has 2 aliphatic heterocycles. The Morgan fingerprint density at radius 1 is 0.642 bits per heavy atom. The highest BCUT2D eigenvalue weighted by Crippen LogP contribution is 2.30. The van der Waals surface area contributed by atoms with E-state index < -0.39 is 105 Å². The Hall–Kier alpha value is -2.03. The highest BCUT2D eigenvalue weighted by atomic mass is 16.7. The number of aliphatic hydroxyl groups excluding tert-OH is 7. The van der Waals surface area contributed by atoms with Crippen molar-refractivity contribution in [3.8, 4) is 0 Å². The van der Waals surface area contributed by atoms with Crippen molar-refractivity contribution in [2.24, 2.45) is 0 Å². The fourth-order valence-corrected chi connectivity index (χ4v) is 6.26. The molecular weight excluding hydrogens is 704 g/mol. The maximum absolute atomic E-state index is 12.1. The fourth-order valence-electron chi connectivity index (χ4n) is 6.26. The summed E-state index contributed by atoms with van der Waals surface area (Å²) in [6.45, 7) is 1.71. The van der Waals surface area contributed by atoms with Crippen LogP contribution in [-0.2, 0) is 42.8 Å². The van der Waals surface area contributed by atoms with Gasteiger partial charge in [-0.25, -0.2) is 0 Å². The summed E-state index contributed by atoms with van der Waals surface area (Å²) in [6.07, 6.45) is -5.69. The normalized spacial score (nSPS) is 30.1. The van der Waals surface area contributed by atoms with Crippen molar-refractivity contribution in [3.05, 3.63) is 0 Å². The van der Waals surface area contributed by atoms with E-state index in [1.807, 2.05) is 6.92 Å². The second kappa shape index (κ2) is 25.9. The third-order valence-corrected chi connectivity index (χ3v) is 9.36. The Balaban J connectivity index is 1.82. The van der Waals surface area contributed by atoms with Crippen LogP contribution in [-0.4, -0.2) is 152 Å². The van der Waals surface area contributed by atoms with E-state index >= 15 is 0 Å². The molecule has 2 rings (SSSR count). The van der Waals surface area contributed by atoms with E-state index in [4.69, 9.17) is 33.5 Å². The summed E-state index contributed by atoms with van der Waals surface area (Å²) in [7, 11) is 0. The fraction of sp³-hybridized carbons (Fsp3) is 0.917. The molecule has 310 valence electrons. The number of unbranched alkanes of at least 4 members (excludes halogenated alkanes) is 10. The number of ether oxygens (including phenoxy) is 6. The lowest BCUT2D eigenvalue weighted by Crippen LogP contribution is -2.65. The van der Waals surface area contributed by atoms with Crippen LogP contribution in [0.4, 0.5) is 0 Å². The summed E-state index contributed by atoms with van der Waals surface area (Å²) in [4.78, 5) is 34.3. The molecule has 17 heteroatoms. The molecule has 0 aromatic carbocycles. The maximum atomic E-state index is 12.1. The zero-order valence-corrected chi connectivity index (χ0v) is 31.1. The molecule has 8 N–H and O–H groups in total. The zero-order valence-electron chi connectivity index (χ0n) is 31.1. The quantitative estimate of drug-likeness (QED) is 0.0424. The van der Waals surface area contributed by atoms with Crippen LogP contribution in [0.3, 0.4) is 0 Å². The number of carboxylic acids is 1. The Morgan fingerprint density at radius 3 is 1.77 bits per heavy atom. The zero-order chi connectivity index (χ0) is 39.3. The van der Waals surface area contributed by atoms with Crippen LogP contribution >= 0.6 is 0 Å². The van der Waals surface area contributed by atoms with Gasteiger partial charge in [0.1, 0.15) is 62.0 Å². The molecule has 0 aromatic heterocycles. The monoisotopic (exact) mass is 768 g/mol. The third-order valence-electron chi connectivity index (χ3n) is 9.36. The van der Waals surface area contributed by atoms with E-state index in [9.17, 15) is 50.1 Å². The first-order valence-corrected chi connectivity index (χ1v) is 19.1. The van der Waals surface area contributed by atoms with E-state index in [0.717, 1.165) is 77.6 Å². The van der Waals surface area contributed by atoms with Crippen LogP contribution in [0.5, 0.6) is 0 Å². The maximum Gasteiger partial charge on any atom is 0.308 e. The summed E-state index contributed by atoms with van der Waals surface area (Å²) in [5.41, 5.74) is 0. The number of aliphatic hydroxyl groups is 7. The van der Waals surface area contributed by atoms with Gasteiger partial charge in [-0.2, -0.15) is 0 Å². The second-order valence-electron chi connectivity index (χ2n) is 14.1. The first-order valence-electron chi connectivity index (χ1n) is 19.1. The lowest BCUT2D eigenvalue weighted by atomic mass is 9.97. The van der Waals surface area contributed by atoms with Gasteiger partial charge in [0.15, 0.2) is 12.6 Å². The largest absolute Gasteiger partial charge is 0.481 e. The van der Waals surface area contributed by atoms with Gasteiger partial charge in [0.2, 0.25) is 0 Å². The average Bonchev–Trinajstić information content (AvgIpc) is 3.10. The number of carbonyl (C=O) groups is 3. The van der Waals surface area contributed by atoms with Crippen molar-refractivity contribution in [2.75, 3.05) is 19.8 Å². The van der Waals surface area contributed by atoms with Crippen molar-refractivity contribution in [1.29, 1.82) is 0 Å². The average molecular weight is 769 g/mol. The van der Waals surface area contributed by atoms with Crippen LogP contribution in [0.1, 0.15) is 117 Å². The summed E-state index contributed by atoms with van der Waals surface area (Å²) in [6, 6.07) is 0. The predicted octanol–water partition coefficient (Wildman–Crippen LogP) is 0.817. The first-order chi connectivity index (χ1) is 25.2. The van der Waals surface area contributed by atoms with Crippen molar-refractivity contribution >= 4 is 17.9 Å². The van der Waals surface area contributed by atoms with E-state index in [0.29, 0.717) is 19.3 Å². The lowest BCUT2D eigenvalue weighted by molar-refractivity contribution is -0.360. The van der Waals surface area contributed by atoms with Crippen LogP contribution in [0.25, 0.3) is 0 Å². The highest BCUT2D eigenvalue weighted by Gasteiger charge is 2.51. The van der Waals surface area contributed by atoms with Crippen molar-refractivity contribution in [2.45, 2.75) is 190 Å². The van der Waals surface area contributed by atoms with Gasteiger partial charge in [-0.1, -0.05) is 77.6 Å². The van der Waals surface area contributed by atoms with Crippen LogP contribution < -0.4 is 0 Å². The molecule has 17 nitrogen and oxygen atoms in total. The molecule has 0 amide bonds. The summed E-state index contributed by atoms with van der Waals surface area (Å²) in [5.74, 6) is -2.22. The van der Waals surface area contributed by atoms with E-state index in [1.165, 1.54) is 0 Å². The smallest absolute Gasteiger partial charge is 0.308 e. The highest BCUT2D eigenvalue weighted by molar-refractivity contribution is 5.70. The standard InChI is InChI=1S/C36H64O17/c1-3-15-23(38)18-28(42)49-20-25-29(43)30(44)32(46)36(51-25)53-34-26(21-48-22(2)37)52-35(33(47)31(34)45)50-19-24(39)16-13-11-9-7-5-4-6-8-10-12-14-17-27(40)41/h23-26,29-36,38-39,43-47H,3-21H2,1-2H3,(H,40,41)/t23?,24?,25-,26-,29-,30+,31-,32-,33-,34-,35-,36+/m1/s1. The van der Waals surface area contributed by atoms with Gasteiger partial charge in [0.25, 0.3) is 0 Å². The summed E-state index contributed by atoms with van der Waals surface area (Å²) in [5, 5.41) is 82.5. The van der Waals surface area contributed by atoms with Gasteiger partial charge in [-0.15, -0.1) is 0 Å². The van der Waals surface area contributed by atoms with E-state index in [-0.39, 0.29) is 19.4 Å². The Labute approximate surface area is 311 Å².